The minimum Gasteiger partial charge on any atom is -0.496 e. The van der Waals surface area contributed by atoms with Crippen LogP contribution in [0.15, 0.2) is 46.9 Å². The smallest absolute Gasteiger partial charge is 0.292 e. The van der Waals surface area contributed by atoms with Gasteiger partial charge in [-0.3, -0.25) is 10.1 Å². The Morgan fingerprint density at radius 1 is 1.30 bits per heavy atom. The van der Waals surface area contributed by atoms with Gasteiger partial charge in [0, 0.05) is 22.6 Å². The number of ether oxygens (including phenoxy) is 1. The number of nitro benzene ring substituents is 1. The van der Waals surface area contributed by atoms with Gasteiger partial charge in [0.05, 0.1) is 12.0 Å². The van der Waals surface area contributed by atoms with Crippen LogP contribution < -0.4 is 10.1 Å². The van der Waals surface area contributed by atoms with Gasteiger partial charge < -0.3 is 10.1 Å². The van der Waals surface area contributed by atoms with E-state index in [9.17, 15) is 10.1 Å². The highest BCUT2D eigenvalue weighted by Gasteiger charge is 2.14. The van der Waals surface area contributed by atoms with E-state index < -0.39 is 4.92 Å². The number of anilines is 1. The molecular formula is C14H13BrN2O3. The molecule has 0 aliphatic rings. The van der Waals surface area contributed by atoms with Crippen molar-refractivity contribution >= 4 is 27.3 Å². The molecule has 6 heteroatoms. The molecule has 2 rings (SSSR count). The maximum Gasteiger partial charge on any atom is 0.292 e. The van der Waals surface area contributed by atoms with E-state index in [1.807, 2.05) is 24.3 Å². The second-order valence-electron chi connectivity index (χ2n) is 4.08. The van der Waals surface area contributed by atoms with Gasteiger partial charge in [0.15, 0.2) is 0 Å². The third-order valence-corrected chi connectivity index (χ3v) is 3.31. The van der Waals surface area contributed by atoms with Gasteiger partial charge in [0.1, 0.15) is 11.4 Å². The van der Waals surface area contributed by atoms with Crippen LogP contribution in [0, 0.1) is 10.1 Å². The van der Waals surface area contributed by atoms with Crippen molar-refractivity contribution in [1.82, 2.24) is 0 Å². The van der Waals surface area contributed by atoms with Crippen LogP contribution in [0.1, 0.15) is 5.56 Å². The molecule has 20 heavy (non-hydrogen) atoms. The average Bonchev–Trinajstić information content (AvgIpc) is 2.45. The molecule has 0 aliphatic carbocycles. The number of rotatable bonds is 5. The van der Waals surface area contributed by atoms with Gasteiger partial charge in [-0.25, -0.2) is 0 Å². The van der Waals surface area contributed by atoms with Gasteiger partial charge in [-0.1, -0.05) is 34.1 Å². The largest absolute Gasteiger partial charge is 0.496 e. The van der Waals surface area contributed by atoms with Crippen molar-refractivity contribution in [3.05, 3.63) is 62.6 Å². The predicted octanol–water partition coefficient (Wildman–Crippen LogP) is 3.98. The summed E-state index contributed by atoms with van der Waals surface area (Å²) >= 11 is 3.31. The second-order valence-corrected chi connectivity index (χ2v) is 5.00. The van der Waals surface area contributed by atoms with Crippen LogP contribution in [0.25, 0.3) is 0 Å². The van der Waals surface area contributed by atoms with Crippen molar-refractivity contribution < 1.29 is 9.66 Å². The summed E-state index contributed by atoms with van der Waals surface area (Å²) in [5.74, 6) is 0.748. The van der Waals surface area contributed by atoms with E-state index in [-0.39, 0.29) is 5.69 Å². The van der Waals surface area contributed by atoms with Crippen LogP contribution in [0.5, 0.6) is 5.75 Å². The van der Waals surface area contributed by atoms with Crippen molar-refractivity contribution in [2.75, 3.05) is 12.4 Å². The summed E-state index contributed by atoms with van der Waals surface area (Å²) in [6.45, 7) is 0.446. The average molecular weight is 337 g/mol. The number of halogens is 1. The molecule has 2 aromatic carbocycles. The Hall–Kier alpha value is -2.08. The van der Waals surface area contributed by atoms with E-state index in [4.69, 9.17) is 4.74 Å². The monoisotopic (exact) mass is 336 g/mol. The molecule has 0 radical (unpaired) electrons. The molecular weight excluding hydrogens is 324 g/mol. The maximum absolute atomic E-state index is 11.0. The first kappa shape index (κ1) is 14.3. The van der Waals surface area contributed by atoms with Crippen molar-refractivity contribution in [3.63, 3.8) is 0 Å². The number of nitrogens with one attached hydrogen (secondary N) is 1. The number of para-hydroxylation sites is 1. The molecule has 0 aromatic heterocycles. The Kier molecular flexibility index (Phi) is 4.57. The standard InChI is InChI=1S/C14H13BrN2O3/c1-20-14-5-3-2-4-10(14)9-16-12-8-11(15)6-7-13(12)17(18)19/h2-8,16H,9H2,1H3. The van der Waals surface area contributed by atoms with Crippen molar-refractivity contribution in [3.8, 4) is 5.75 Å². The highest BCUT2D eigenvalue weighted by atomic mass is 79.9. The van der Waals surface area contributed by atoms with Gasteiger partial charge in [-0.2, -0.15) is 0 Å². The lowest BCUT2D eigenvalue weighted by Gasteiger charge is -2.11. The Bertz CT molecular complexity index is 632. The fraction of sp³-hybridized carbons (Fsp3) is 0.143. The van der Waals surface area contributed by atoms with Gasteiger partial charge in [0.2, 0.25) is 0 Å². The zero-order valence-corrected chi connectivity index (χ0v) is 12.4. The third-order valence-electron chi connectivity index (χ3n) is 2.82. The first-order valence-corrected chi connectivity index (χ1v) is 6.71. The van der Waals surface area contributed by atoms with Gasteiger partial charge in [-0.05, 0) is 18.2 Å². The number of methoxy groups -OCH3 is 1. The zero-order chi connectivity index (χ0) is 14.5. The van der Waals surface area contributed by atoms with Crippen LogP contribution in [0.3, 0.4) is 0 Å². The molecule has 0 spiro atoms. The molecule has 5 nitrogen and oxygen atoms in total. The molecule has 0 aliphatic heterocycles. The number of nitro groups is 1. The molecule has 1 N–H and O–H groups in total. The minimum absolute atomic E-state index is 0.0445. The number of hydrogen-bond acceptors (Lipinski definition) is 4. The Morgan fingerprint density at radius 2 is 2.05 bits per heavy atom. The first-order valence-electron chi connectivity index (χ1n) is 5.91. The molecule has 0 saturated heterocycles. The summed E-state index contributed by atoms with van der Waals surface area (Å²) in [6, 6.07) is 12.3. The Morgan fingerprint density at radius 3 is 2.75 bits per heavy atom. The van der Waals surface area contributed by atoms with Crippen molar-refractivity contribution in [1.29, 1.82) is 0 Å². The van der Waals surface area contributed by atoms with E-state index >= 15 is 0 Å². The fourth-order valence-corrected chi connectivity index (χ4v) is 2.21. The van der Waals surface area contributed by atoms with E-state index in [1.165, 1.54) is 6.07 Å². The Balaban J connectivity index is 2.22. The summed E-state index contributed by atoms with van der Waals surface area (Å²) in [6.07, 6.45) is 0. The van der Waals surface area contributed by atoms with Crippen molar-refractivity contribution in [2.45, 2.75) is 6.54 Å². The van der Waals surface area contributed by atoms with E-state index in [0.29, 0.717) is 12.2 Å². The quantitative estimate of drug-likeness (QED) is 0.662. The SMILES string of the molecule is COc1ccccc1CNc1cc(Br)ccc1[N+](=O)[O-]. The van der Waals surface area contributed by atoms with Gasteiger partial charge in [-0.15, -0.1) is 0 Å². The molecule has 0 heterocycles. The summed E-state index contributed by atoms with van der Waals surface area (Å²) in [5, 5.41) is 14.1. The predicted molar refractivity (Wildman–Crippen MR) is 81.1 cm³/mol. The van der Waals surface area contributed by atoms with Crippen LogP contribution in [0.2, 0.25) is 0 Å². The van der Waals surface area contributed by atoms with Crippen LogP contribution in [-0.2, 0) is 6.54 Å². The minimum atomic E-state index is -0.406. The Labute approximate surface area is 124 Å². The molecule has 0 fully saturated rings. The lowest BCUT2D eigenvalue weighted by molar-refractivity contribution is -0.384. The van der Waals surface area contributed by atoms with E-state index in [1.54, 1.807) is 19.2 Å². The normalized spacial score (nSPS) is 10.1. The molecule has 0 unspecified atom stereocenters. The second kappa shape index (κ2) is 6.38. The number of benzene rings is 2. The van der Waals surface area contributed by atoms with Gasteiger partial charge >= 0.3 is 0 Å². The molecule has 0 bridgehead atoms. The number of hydrogen-bond donors (Lipinski definition) is 1. The highest BCUT2D eigenvalue weighted by molar-refractivity contribution is 9.10. The molecule has 104 valence electrons. The molecule has 0 amide bonds. The summed E-state index contributed by atoms with van der Waals surface area (Å²) in [4.78, 5) is 10.6. The molecule has 0 atom stereocenters. The summed E-state index contributed by atoms with van der Waals surface area (Å²) in [7, 11) is 1.60. The maximum atomic E-state index is 11.0. The van der Waals surface area contributed by atoms with E-state index in [0.717, 1.165) is 15.8 Å². The van der Waals surface area contributed by atoms with E-state index in [2.05, 4.69) is 21.2 Å². The number of nitrogens with zero attached hydrogens (tertiary/aromatic N) is 1. The molecule has 2 aromatic rings. The lowest BCUT2D eigenvalue weighted by atomic mass is 10.2. The van der Waals surface area contributed by atoms with Crippen LogP contribution in [0.4, 0.5) is 11.4 Å². The lowest BCUT2D eigenvalue weighted by Crippen LogP contribution is -2.04. The van der Waals surface area contributed by atoms with Crippen molar-refractivity contribution in [2.24, 2.45) is 0 Å². The first-order chi connectivity index (χ1) is 9.61. The fourth-order valence-electron chi connectivity index (χ4n) is 1.85. The molecule has 0 saturated carbocycles. The van der Waals surface area contributed by atoms with Crippen LogP contribution in [-0.4, -0.2) is 12.0 Å². The van der Waals surface area contributed by atoms with Gasteiger partial charge in [0.25, 0.3) is 5.69 Å². The third kappa shape index (κ3) is 3.27. The highest BCUT2D eigenvalue weighted by Crippen LogP contribution is 2.29. The summed E-state index contributed by atoms with van der Waals surface area (Å²) in [5.41, 5.74) is 1.45. The summed E-state index contributed by atoms with van der Waals surface area (Å²) < 4.78 is 6.04. The zero-order valence-electron chi connectivity index (χ0n) is 10.8. The topological polar surface area (TPSA) is 64.4 Å². The van der Waals surface area contributed by atoms with Crippen LogP contribution >= 0.6 is 15.9 Å².